The first-order chi connectivity index (χ1) is 21.8. The molecule has 2 aliphatic rings. The van der Waals surface area contributed by atoms with Crippen LogP contribution in [0.5, 0.6) is 5.75 Å². The Labute approximate surface area is 264 Å². The van der Waals surface area contributed by atoms with E-state index in [2.05, 4.69) is 39.5 Å². The average Bonchev–Trinajstić information content (AvgIpc) is 3.48. The van der Waals surface area contributed by atoms with E-state index in [4.69, 9.17) is 4.74 Å². The van der Waals surface area contributed by atoms with E-state index >= 15 is 0 Å². The number of aryl methyl sites for hydroxylation is 1. The molecule has 6 rings (SSSR count). The lowest BCUT2D eigenvalue weighted by molar-refractivity contribution is -0.121. The monoisotopic (exact) mass is 611 g/mol. The molecule has 236 valence electrons. The lowest BCUT2D eigenvalue weighted by Gasteiger charge is -2.37. The number of urea groups is 1. The molecule has 1 aromatic heterocycles. The van der Waals surface area contributed by atoms with Crippen molar-refractivity contribution < 1.29 is 18.7 Å². The summed E-state index contributed by atoms with van der Waals surface area (Å²) in [5.41, 5.74) is 5.24. The third-order valence-electron chi connectivity index (χ3n) is 9.04. The number of nitrogens with one attached hydrogen (secondary N) is 2. The third-order valence-corrected chi connectivity index (χ3v) is 9.04. The number of para-hydroxylation sites is 1. The number of halogens is 1. The number of carbonyl (C=O) groups excluding carboxylic acids is 2. The van der Waals surface area contributed by atoms with Crippen LogP contribution in [0.15, 0.2) is 72.9 Å². The van der Waals surface area contributed by atoms with Gasteiger partial charge in [0, 0.05) is 67.7 Å². The molecule has 0 spiro atoms. The molecule has 1 saturated heterocycles. The SMILES string of the molecule is C[C@H](c1c[nH]c2ccccc12)[C@@H](NC(=O)N1CCC(Oc2ccc(F)cc2)CC1)C(=O)N1CCCc2ccc(CN(C)C)cc21. The van der Waals surface area contributed by atoms with Crippen molar-refractivity contribution in [3.8, 4) is 5.75 Å². The van der Waals surface area contributed by atoms with E-state index in [1.165, 1.54) is 12.1 Å². The molecule has 3 aromatic carbocycles. The fraction of sp³-hybridized carbons (Fsp3) is 0.389. The van der Waals surface area contributed by atoms with E-state index < -0.39 is 6.04 Å². The van der Waals surface area contributed by atoms with Gasteiger partial charge in [0.15, 0.2) is 0 Å². The third kappa shape index (κ3) is 6.83. The van der Waals surface area contributed by atoms with Gasteiger partial charge in [-0.25, -0.2) is 9.18 Å². The van der Waals surface area contributed by atoms with E-state index in [9.17, 15) is 14.0 Å². The zero-order chi connectivity index (χ0) is 31.5. The number of piperidine rings is 1. The maximum Gasteiger partial charge on any atom is 0.318 e. The summed E-state index contributed by atoms with van der Waals surface area (Å²) in [6.45, 7) is 4.41. The molecule has 3 amide bonds. The lowest BCUT2D eigenvalue weighted by Crippen LogP contribution is -2.56. The molecule has 9 heteroatoms. The van der Waals surface area contributed by atoms with Crippen molar-refractivity contribution in [1.82, 2.24) is 20.1 Å². The minimum atomic E-state index is -0.770. The topological polar surface area (TPSA) is 80.9 Å². The first-order valence-electron chi connectivity index (χ1n) is 15.9. The number of ether oxygens (including phenoxy) is 1. The van der Waals surface area contributed by atoms with E-state index in [-0.39, 0.29) is 29.8 Å². The van der Waals surface area contributed by atoms with Gasteiger partial charge < -0.3 is 29.7 Å². The normalized spacial score (nSPS) is 16.8. The number of nitrogens with zero attached hydrogens (tertiary/aromatic N) is 3. The minimum absolute atomic E-state index is 0.0664. The van der Waals surface area contributed by atoms with Crippen molar-refractivity contribution in [2.24, 2.45) is 0 Å². The molecule has 1 fully saturated rings. The van der Waals surface area contributed by atoms with Gasteiger partial charge in [-0.2, -0.15) is 0 Å². The molecule has 45 heavy (non-hydrogen) atoms. The number of benzene rings is 3. The number of aromatic nitrogens is 1. The first kappa shape index (κ1) is 30.6. The molecular formula is C36H42FN5O3. The Hall–Kier alpha value is -4.37. The van der Waals surface area contributed by atoms with Crippen molar-refractivity contribution in [2.75, 3.05) is 38.6 Å². The van der Waals surface area contributed by atoms with Crippen LogP contribution in [0.2, 0.25) is 0 Å². The lowest BCUT2D eigenvalue weighted by atomic mass is 9.90. The summed E-state index contributed by atoms with van der Waals surface area (Å²) in [6.07, 6.45) is 4.98. The number of anilines is 1. The zero-order valence-corrected chi connectivity index (χ0v) is 26.3. The molecule has 3 heterocycles. The number of amides is 3. The van der Waals surface area contributed by atoms with Crippen LogP contribution in [-0.4, -0.2) is 72.6 Å². The number of likely N-dealkylation sites (tertiary alicyclic amines) is 1. The quantitative estimate of drug-likeness (QED) is 0.253. The highest BCUT2D eigenvalue weighted by Crippen LogP contribution is 2.33. The van der Waals surface area contributed by atoms with Crippen molar-refractivity contribution in [2.45, 2.75) is 57.2 Å². The number of hydrogen-bond donors (Lipinski definition) is 2. The highest BCUT2D eigenvalue weighted by molar-refractivity contribution is 6.01. The van der Waals surface area contributed by atoms with E-state index in [0.29, 0.717) is 38.2 Å². The second-order valence-corrected chi connectivity index (χ2v) is 12.6. The van der Waals surface area contributed by atoms with Gasteiger partial charge in [-0.3, -0.25) is 4.79 Å². The van der Waals surface area contributed by atoms with Crippen molar-refractivity contribution in [3.63, 3.8) is 0 Å². The predicted molar refractivity (Wildman–Crippen MR) is 175 cm³/mol. The van der Waals surface area contributed by atoms with Crippen molar-refractivity contribution >= 4 is 28.5 Å². The van der Waals surface area contributed by atoms with Gasteiger partial charge >= 0.3 is 6.03 Å². The summed E-state index contributed by atoms with van der Waals surface area (Å²) in [7, 11) is 4.07. The van der Waals surface area contributed by atoms with Crippen LogP contribution in [0.4, 0.5) is 14.9 Å². The zero-order valence-electron chi connectivity index (χ0n) is 26.3. The molecule has 0 saturated carbocycles. The van der Waals surface area contributed by atoms with Crippen LogP contribution >= 0.6 is 0 Å². The Balaban J connectivity index is 1.23. The number of aromatic amines is 1. The number of rotatable bonds is 8. The van der Waals surface area contributed by atoms with E-state index in [1.54, 1.807) is 17.0 Å². The summed E-state index contributed by atoms with van der Waals surface area (Å²) in [4.78, 5) is 37.5. The van der Waals surface area contributed by atoms with Gasteiger partial charge in [0.25, 0.3) is 0 Å². The number of hydrogen-bond acceptors (Lipinski definition) is 4. The summed E-state index contributed by atoms with van der Waals surface area (Å²) in [6, 6.07) is 19.5. The number of carbonyl (C=O) groups is 2. The predicted octanol–water partition coefficient (Wildman–Crippen LogP) is 6.07. The second kappa shape index (κ2) is 13.3. The molecule has 2 atom stereocenters. The average molecular weight is 612 g/mol. The molecule has 0 aliphatic carbocycles. The molecule has 8 nitrogen and oxygen atoms in total. The van der Waals surface area contributed by atoms with Gasteiger partial charge in [0.2, 0.25) is 5.91 Å². The highest BCUT2D eigenvalue weighted by atomic mass is 19.1. The Kier molecular flexibility index (Phi) is 9.07. The van der Waals surface area contributed by atoms with Gasteiger partial charge in [-0.15, -0.1) is 0 Å². The van der Waals surface area contributed by atoms with Gasteiger partial charge in [-0.1, -0.05) is 37.3 Å². The largest absolute Gasteiger partial charge is 0.490 e. The van der Waals surface area contributed by atoms with Crippen LogP contribution in [-0.2, 0) is 17.8 Å². The van der Waals surface area contributed by atoms with Gasteiger partial charge in [-0.05, 0) is 80.0 Å². The Bertz CT molecular complexity index is 1640. The Morgan fingerprint density at radius 3 is 2.56 bits per heavy atom. The Morgan fingerprint density at radius 1 is 1.04 bits per heavy atom. The van der Waals surface area contributed by atoms with Gasteiger partial charge in [0.05, 0.1) is 0 Å². The second-order valence-electron chi connectivity index (χ2n) is 12.6. The molecular weight excluding hydrogens is 569 g/mol. The summed E-state index contributed by atoms with van der Waals surface area (Å²) < 4.78 is 19.3. The summed E-state index contributed by atoms with van der Waals surface area (Å²) in [5.74, 6) is -0.0687. The maximum atomic E-state index is 14.6. The number of H-pyrrole nitrogens is 1. The standard InChI is InChI=1S/C36H42FN5O3/c1-24(31-22-38-32-9-5-4-8-30(31)32)34(35(43)42-18-6-7-26-11-10-25(21-33(26)42)23-40(2)3)39-36(44)41-19-16-29(17-20-41)45-28-14-12-27(37)13-15-28/h4-5,8-15,21-22,24,29,34,38H,6-7,16-20,23H2,1-3H3,(H,39,44)/t24-,34-/m1/s1. The van der Waals surface area contributed by atoms with Gasteiger partial charge in [0.1, 0.15) is 23.7 Å². The van der Waals surface area contributed by atoms with E-state index in [1.807, 2.05) is 50.3 Å². The Morgan fingerprint density at radius 2 is 1.80 bits per heavy atom. The summed E-state index contributed by atoms with van der Waals surface area (Å²) in [5, 5.41) is 4.22. The smallest absolute Gasteiger partial charge is 0.318 e. The minimum Gasteiger partial charge on any atom is -0.490 e. The molecule has 2 N–H and O–H groups in total. The fourth-order valence-electron chi connectivity index (χ4n) is 6.64. The molecule has 2 aliphatic heterocycles. The van der Waals surface area contributed by atoms with Crippen LogP contribution < -0.4 is 15.0 Å². The van der Waals surface area contributed by atoms with Crippen molar-refractivity contribution in [3.05, 3.63) is 95.4 Å². The van der Waals surface area contributed by atoms with Crippen LogP contribution in [0, 0.1) is 5.82 Å². The molecule has 0 radical (unpaired) electrons. The molecule has 0 unspecified atom stereocenters. The highest BCUT2D eigenvalue weighted by Gasteiger charge is 2.36. The molecule has 0 bridgehead atoms. The first-order valence-corrected chi connectivity index (χ1v) is 15.9. The van der Waals surface area contributed by atoms with Crippen LogP contribution in [0.1, 0.15) is 48.8 Å². The number of fused-ring (bicyclic) bond motifs is 2. The molecule has 4 aromatic rings. The van der Waals surface area contributed by atoms with Crippen LogP contribution in [0.3, 0.4) is 0 Å². The summed E-state index contributed by atoms with van der Waals surface area (Å²) >= 11 is 0. The van der Waals surface area contributed by atoms with Crippen LogP contribution in [0.25, 0.3) is 10.9 Å². The van der Waals surface area contributed by atoms with E-state index in [0.717, 1.165) is 52.7 Å². The maximum absolute atomic E-state index is 14.6. The van der Waals surface area contributed by atoms with Crippen molar-refractivity contribution in [1.29, 1.82) is 0 Å². The fourth-order valence-corrected chi connectivity index (χ4v) is 6.64.